The van der Waals surface area contributed by atoms with Gasteiger partial charge in [0.1, 0.15) is 0 Å². The Hall–Kier alpha value is -1.24. The molecule has 2 aromatic rings. The Bertz CT molecular complexity index is 608. The second kappa shape index (κ2) is 5.03. The summed E-state index contributed by atoms with van der Waals surface area (Å²) >= 11 is 11.6. The fourth-order valence-corrected chi connectivity index (χ4v) is 2.16. The number of benzene rings is 1. The monoisotopic (exact) mass is 309 g/mol. The number of hydrogen-bond donors (Lipinski definition) is 1. The van der Waals surface area contributed by atoms with E-state index in [1.54, 1.807) is 0 Å². The second-order valence-corrected chi connectivity index (χ2v) is 4.57. The molecule has 19 heavy (non-hydrogen) atoms. The third-order valence-electron chi connectivity index (χ3n) is 2.47. The maximum Gasteiger partial charge on any atom is 0.433 e. The highest BCUT2D eigenvalue weighted by molar-refractivity contribution is 6.35. The lowest BCUT2D eigenvalue weighted by atomic mass is 10.2. The minimum Gasteiger partial charge on any atom is -0.326 e. The molecule has 0 aliphatic heterocycles. The smallest absolute Gasteiger partial charge is 0.326 e. The van der Waals surface area contributed by atoms with E-state index >= 15 is 0 Å². The minimum atomic E-state index is -4.58. The number of rotatable bonds is 2. The van der Waals surface area contributed by atoms with E-state index in [9.17, 15) is 13.2 Å². The maximum absolute atomic E-state index is 13.0. The van der Waals surface area contributed by atoms with E-state index in [4.69, 9.17) is 28.9 Å². The van der Waals surface area contributed by atoms with Gasteiger partial charge in [0.05, 0.1) is 16.9 Å². The third kappa shape index (κ3) is 2.70. The summed E-state index contributed by atoms with van der Waals surface area (Å²) in [5.41, 5.74) is 4.36. The molecule has 2 N–H and O–H groups in total. The molecule has 0 fully saturated rings. The van der Waals surface area contributed by atoms with Crippen molar-refractivity contribution in [3.63, 3.8) is 0 Å². The van der Waals surface area contributed by atoms with Crippen molar-refractivity contribution in [1.82, 2.24) is 9.78 Å². The Kier molecular flexibility index (Phi) is 3.75. The first-order valence-corrected chi connectivity index (χ1v) is 5.89. The summed E-state index contributed by atoms with van der Waals surface area (Å²) < 4.78 is 39.8. The summed E-state index contributed by atoms with van der Waals surface area (Å²) in [6.45, 7) is -0.264. The molecule has 0 aliphatic rings. The van der Waals surface area contributed by atoms with Crippen molar-refractivity contribution in [2.45, 2.75) is 12.7 Å². The van der Waals surface area contributed by atoms with Crippen molar-refractivity contribution in [3.05, 3.63) is 45.7 Å². The normalized spacial score (nSPS) is 11.9. The summed E-state index contributed by atoms with van der Waals surface area (Å²) in [4.78, 5) is 0. The van der Waals surface area contributed by atoms with E-state index in [0.717, 1.165) is 10.9 Å². The van der Waals surface area contributed by atoms with Crippen LogP contribution in [-0.4, -0.2) is 9.78 Å². The molecule has 0 saturated carbocycles. The Labute approximate surface area is 116 Å². The first-order chi connectivity index (χ1) is 8.84. The lowest BCUT2D eigenvalue weighted by Crippen LogP contribution is -2.17. The number of aromatic nitrogens is 2. The first-order valence-electron chi connectivity index (χ1n) is 5.14. The van der Waals surface area contributed by atoms with Gasteiger partial charge < -0.3 is 5.73 Å². The van der Waals surface area contributed by atoms with Crippen molar-refractivity contribution < 1.29 is 13.2 Å². The van der Waals surface area contributed by atoms with Crippen LogP contribution in [0.1, 0.15) is 11.3 Å². The van der Waals surface area contributed by atoms with Crippen molar-refractivity contribution in [1.29, 1.82) is 0 Å². The van der Waals surface area contributed by atoms with Crippen molar-refractivity contribution in [2.75, 3.05) is 0 Å². The summed E-state index contributed by atoms with van der Waals surface area (Å²) in [5.74, 6) is 0. The van der Waals surface area contributed by atoms with Gasteiger partial charge in [-0.05, 0) is 18.2 Å². The van der Waals surface area contributed by atoms with Crippen molar-refractivity contribution in [3.8, 4) is 5.69 Å². The average molecular weight is 310 g/mol. The fraction of sp³-hybridized carbons (Fsp3) is 0.182. The van der Waals surface area contributed by atoms with E-state index in [-0.39, 0.29) is 22.8 Å². The lowest BCUT2D eigenvalue weighted by Gasteiger charge is -2.13. The summed E-state index contributed by atoms with van der Waals surface area (Å²) in [7, 11) is 0. The number of nitrogens with two attached hydrogens (primary N) is 1. The first kappa shape index (κ1) is 14.2. The maximum atomic E-state index is 13.0. The predicted octanol–water partition coefficient (Wildman–Crippen LogP) is 3.66. The molecule has 0 aliphatic carbocycles. The van der Waals surface area contributed by atoms with Gasteiger partial charge in [0.25, 0.3) is 0 Å². The van der Waals surface area contributed by atoms with Crippen LogP contribution in [0.3, 0.4) is 0 Å². The highest BCUT2D eigenvalue weighted by atomic mass is 35.5. The quantitative estimate of drug-likeness (QED) is 0.920. The van der Waals surface area contributed by atoms with E-state index in [2.05, 4.69) is 5.10 Å². The standard InChI is InChI=1S/C11H8Cl2F3N3/c12-7-1-2-9(8(13)3-7)19-10(11(14,15)16)6(4-17)5-18-19/h1-3,5H,4,17H2. The summed E-state index contributed by atoms with van der Waals surface area (Å²) in [6.07, 6.45) is -3.50. The molecule has 0 amide bonds. The molecule has 0 unspecified atom stereocenters. The van der Waals surface area contributed by atoms with Crippen LogP contribution >= 0.6 is 23.2 Å². The average Bonchev–Trinajstić information content (AvgIpc) is 2.72. The molecule has 0 atom stereocenters. The second-order valence-electron chi connectivity index (χ2n) is 3.73. The fourth-order valence-electron chi connectivity index (χ4n) is 1.67. The molecule has 102 valence electrons. The Morgan fingerprint density at radius 3 is 2.47 bits per heavy atom. The molecule has 0 spiro atoms. The largest absolute Gasteiger partial charge is 0.433 e. The van der Waals surface area contributed by atoms with Crippen LogP contribution in [0, 0.1) is 0 Å². The van der Waals surface area contributed by atoms with Gasteiger partial charge in [-0.15, -0.1) is 0 Å². The van der Waals surface area contributed by atoms with Crippen LogP contribution in [0.5, 0.6) is 0 Å². The molecule has 1 heterocycles. The van der Waals surface area contributed by atoms with Gasteiger partial charge in [0.15, 0.2) is 5.69 Å². The zero-order chi connectivity index (χ0) is 14.2. The SMILES string of the molecule is NCc1cnn(-c2ccc(Cl)cc2Cl)c1C(F)(F)F. The van der Waals surface area contributed by atoms with Gasteiger partial charge in [-0.25, -0.2) is 4.68 Å². The topological polar surface area (TPSA) is 43.8 Å². The van der Waals surface area contributed by atoms with Crippen LogP contribution in [0.2, 0.25) is 10.0 Å². The molecule has 0 radical (unpaired) electrons. The van der Waals surface area contributed by atoms with Crippen LogP contribution in [-0.2, 0) is 12.7 Å². The number of hydrogen-bond acceptors (Lipinski definition) is 2. The molecular weight excluding hydrogens is 302 g/mol. The van der Waals surface area contributed by atoms with E-state index in [0.29, 0.717) is 5.02 Å². The highest BCUT2D eigenvalue weighted by Crippen LogP contribution is 2.35. The van der Waals surface area contributed by atoms with Gasteiger partial charge in [-0.2, -0.15) is 18.3 Å². The molecule has 1 aromatic carbocycles. The van der Waals surface area contributed by atoms with Gasteiger partial charge >= 0.3 is 6.18 Å². The van der Waals surface area contributed by atoms with Gasteiger partial charge in [-0.1, -0.05) is 23.2 Å². The van der Waals surface area contributed by atoms with Gasteiger partial charge in [0, 0.05) is 17.1 Å². The molecule has 8 heteroatoms. The van der Waals surface area contributed by atoms with Crippen LogP contribution in [0.25, 0.3) is 5.69 Å². The Morgan fingerprint density at radius 1 is 1.26 bits per heavy atom. The van der Waals surface area contributed by atoms with Crippen LogP contribution < -0.4 is 5.73 Å². The van der Waals surface area contributed by atoms with E-state index in [1.807, 2.05) is 0 Å². The van der Waals surface area contributed by atoms with E-state index < -0.39 is 11.9 Å². The Morgan fingerprint density at radius 2 is 1.95 bits per heavy atom. The highest BCUT2D eigenvalue weighted by Gasteiger charge is 2.38. The zero-order valence-corrected chi connectivity index (χ0v) is 10.9. The molecule has 2 rings (SSSR count). The molecule has 0 saturated heterocycles. The molecular formula is C11H8Cl2F3N3. The molecule has 1 aromatic heterocycles. The minimum absolute atomic E-state index is 0.0738. The number of nitrogens with zero attached hydrogens (tertiary/aromatic N) is 2. The number of halogens is 5. The number of alkyl halides is 3. The molecule has 3 nitrogen and oxygen atoms in total. The van der Waals surface area contributed by atoms with Crippen molar-refractivity contribution >= 4 is 23.2 Å². The Balaban J connectivity index is 2.66. The van der Waals surface area contributed by atoms with Gasteiger partial charge in [0.2, 0.25) is 0 Å². The van der Waals surface area contributed by atoms with Crippen LogP contribution in [0.15, 0.2) is 24.4 Å². The van der Waals surface area contributed by atoms with Crippen molar-refractivity contribution in [2.24, 2.45) is 5.73 Å². The summed E-state index contributed by atoms with van der Waals surface area (Å²) in [5, 5.41) is 4.10. The lowest BCUT2D eigenvalue weighted by molar-refractivity contribution is -0.143. The zero-order valence-electron chi connectivity index (χ0n) is 9.38. The summed E-state index contributed by atoms with van der Waals surface area (Å²) in [6, 6.07) is 4.16. The van der Waals surface area contributed by atoms with Gasteiger partial charge in [-0.3, -0.25) is 0 Å². The predicted molar refractivity (Wildman–Crippen MR) is 66.5 cm³/mol. The third-order valence-corrected chi connectivity index (χ3v) is 3.01. The molecule has 0 bridgehead atoms. The van der Waals surface area contributed by atoms with Crippen LogP contribution in [0.4, 0.5) is 13.2 Å². The van der Waals surface area contributed by atoms with E-state index in [1.165, 1.54) is 18.2 Å².